The van der Waals surface area contributed by atoms with Gasteiger partial charge in [0.25, 0.3) is 0 Å². The zero-order chi connectivity index (χ0) is 17.8. The Balaban J connectivity index is 2.87. The van der Waals surface area contributed by atoms with Gasteiger partial charge in [0.05, 0.1) is 5.56 Å². The first-order chi connectivity index (χ1) is 10.4. The molecule has 0 bridgehead atoms. The van der Waals surface area contributed by atoms with Crippen molar-refractivity contribution in [2.45, 2.75) is 12.4 Å². The second-order valence-electron chi connectivity index (χ2n) is 4.19. The number of allylic oxidation sites excluding steroid dienone is 1. The summed E-state index contributed by atoms with van der Waals surface area (Å²) in [7, 11) is 0. The molecule has 3 nitrogen and oxygen atoms in total. The number of nitrogens with two attached hydrogens (primary N) is 1. The van der Waals surface area contributed by atoms with Crippen LogP contribution < -0.4 is 11.1 Å². The molecule has 0 radical (unpaired) electrons. The summed E-state index contributed by atoms with van der Waals surface area (Å²) in [5, 5.41) is 1.82. The fourth-order valence-corrected chi connectivity index (χ4v) is 1.57. The van der Waals surface area contributed by atoms with E-state index < -0.39 is 28.9 Å². The maximum absolute atomic E-state index is 12.5. The van der Waals surface area contributed by atoms with Crippen LogP contribution in [0.15, 0.2) is 52.8 Å². The highest BCUT2D eigenvalue weighted by atomic mass is 35.5. The number of anilines is 1. The van der Waals surface area contributed by atoms with Crippen LogP contribution in [0.1, 0.15) is 5.56 Å². The Kier molecular flexibility index (Phi) is 5.70. The van der Waals surface area contributed by atoms with Crippen LogP contribution in [0.4, 0.5) is 32.0 Å². The summed E-state index contributed by atoms with van der Waals surface area (Å²) in [4.78, 5) is 2.90. The molecule has 1 aromatic carbocycles. The molecule has 23 heavy (non-hydrogen) atoms. The summed E-state index contributed by atoms with van der Waals surface area (Å²) in [5.74, 6) is -1.66. The maximum Gasteiger partial charge on any atom is 0.449 e. The third-order valence-electron chi connectivity index (χ3n) is 2.31. The summed E-state index contributed by atoms with van der Waals surface area (Å²) in [6, 6.07) is 4.14. The quantitative estimate of drug-likeness (QED) is 0.271. The third-order valence-corrected chi connectivity index (χ3v) is 2.50. The van der Waals surface area contributed by atoms with Gasteiger partial charge in [0.2, 0.25) is 5.84 Å². The average molecular weight is 358 g/mol. The van der Waals surface area contributed by atoms with E-state index >= 15 is 0 Å². The molecule has 0 atom stereocenters. The summed E-state index contributed by atoms with van der Waals surface area (Å²) >= 11 is 5.46. The Morgan fingerprint density at radius 1 is 1.22 bits per heavy atom. The highest BCUT2D eigenvalue weighted by Gasteiger charge is 2.33. The van der Waals surface area contributed by atoms with Crippen LogP contribution in [-0.4, -0.2) is 12.0 Å². The van der Waals surface area contributed by atoms with Crippen LogP contribution in [0.3, 0.4) is 0 Å². The predicted molar refractivity (Wildman–Crippen MR) is 75.8 cm³/mol. The lowest BCUT2D eigenvalue weighted by molar-refractivity contribution is -0.137. The van der Waals surface area contributed by atoms with Gasteiger partial charge < -0.3 is 11.1 Å². The molecule has 0 amide bonds. The highest BCUT2D eigenvalue weighted by molar-refractivity contribution is 6.30. The highest BCUT2D eigenvalue weighted by Crippen LogP contribution is 2.31. The van der Waals surface area contributed by atoms with Gasteiger partial charge in [-0.3, -0.25) is 0 Å². The number of amidine groups is 1. The number of benzene rings is 1. The molecule has 0 heterocycles. The summed E-state index contributed by atoms with van der Waals surface area (Å²) in [6.07, 6.45) is -8.48. The minimum atomic E-state index is -4.84. The van der Waals surface area contributed by atoms with Crippen molar-refractivity contribution in [3.63, 3.8) is 0 Å². The number of hydrogen-bond donors (Lipinski definition) is 2. The van der Waals surface area contributed by atoms with Gasteiger partial charge in [0.1, 0.15) is 5.16 Å². The van der Waals surface area contributed by atoms with E-state index in [-0.39, 0.29) is 11.4 Å². The van der Waals surface area contributed by atoms with Crippen LogP contribution >= 0.6 is 11.6 Å². The molecular formula is C13H10ClF6N3. The van der Waals surface area contributed by atoms with Gasteiger partial charge >= 0.3 is 12.4 Å². The second-order valence-corrected chi connectivity index (χ2v) is 4.58. The van der Waals surface area contributed by atoms with Gasteiger partial charge in [0.15, 0.2) is 0 Å². The van der Waals surface area contributed by atoms with Gasteiger partial charge in [-0.1, -0.05) is 24.2 Å². The molecule has 0 spiro atoms. The first-order valence-corrected chi connectivity index (χ1v) is 6.19. The van der Waals surface area contributed by atoms with Crippen molar-refractivity contribution in [2.24, 2.45) is 10.7 Å². The molecule has 0 aliphatic heterocycles. The Bertz CT molecular complexity index is 646. The van der Waals surface area contributed by atoms with Crippen LogP contribution in [0.25, 0.3) is 0 Å². The molecule has 0 saturated heterocycles. The van der Waals surface area contributed by atoms with Gasteiger partial charge in [0, 0.05) is 11.4 Å². The zero-order valence-corrected chi connectivity index (χ0v) is 12.0. The first-order valence-electron chi connectivity index (χ1n) is 5.81. The smallest absolute Gasteiger partial charge is 0.380 e. The van der Waals surface area contributed by atoms with Crippen LogP contribution in [0.2, 0.25) is 0 Å². The Morgan fingerprint density at radius 3 is 2.35 bits per heavy atom. The molecule has 0 aliphatic carbocycles. The van der Waals surface area contributed by atoms with Crippen molar-refractivity contribution in [2.75, 3.05) is 5.32 Å². The van der Waals surface area contributed by atoms with Crippen LogP contribution in [0.5, 0.6) is 0 Å². The fraction of sp³-hybridized carbons (Fsp3) is 0.154. The van der Waals surface area contributed by atoms with Gasteiger partial charge in [-0.15, -0.1) is 0 Å². The largest absolute Gasteiger partial charge is 0.449 e. The fourth-order valence-electron chi connectivity index (χ4n) is 1.35. The molecule has 10 heteroatoms. The molecule has 3 N–H and O–H groups in total. The summed E-state index contributed by atoms with van der Waals surface area (Å²) < 4.78 is 74.1. The zero-order valence-electron chi connectivity index (χ0n) is 11.3. The van der Waals surface area contributed by atoms with Gasteiger partial charge in [-0.05, 0) is 24.3 Å². The number of rotatable bonds is 4. The van der Waals surface area contributed by atoms with E-state index in [4.69, 9.17) is 11.6 Å². The van der Waals surface area contributed by atoms with E-state index in [1.54, 1.807) is 0 Å². The second kappa shape index (κ2) is 6.95. The maximum atomic E-state index is 12.5. The number of hydrogen-bond acceptors (Lipinski definition) is 2. The number of aliphatic imine (C=N–C) groups is 1. The molecular weight excluding hydrogens is 348 g/mol. The lowest BCUT2D eigenvalue weighted by Crippen LogP contribution is -2.31. The standard InChI is InChI=1S/C13H10ClF6N3/c1-7(5-10(14)23-11(21)13(18,19)20)22-9-4-2-3-8(6-9)12(15,16)17/h2-6,22H,1H2,(H2,21,23)/b10-5-. The molecule has 0 aliphatic rings. The number of halogens is 7. The number of alkyl halides is 6. The van der Waals surface area contributed by atoms with Crippen molar-refractivity contribution >= 4 is 23.1 Å². The lowest BCUT2D eigenvalue weighted by atomic mass is 10.2. The Morgan fingerprint density at radius 2 is 1.83 bits per heavy atom. The lowest BCUT2D eigenvalue weighted by Gasteiger charge is -2.10. The van der Waals surface area contributed by atoms with E-state index in [1.807, 2.05) is 0 Å². The van der Waals surface area contributed by atoms with E-state index in [1.165, 1.54) is 6.07 Å². The molecule has 0 saturated carbocycles. The van der Waals surface area contributed by atoms with Crippen molar-refractivity contribution < 1.29 is 26.3 Å². The van der Waals surface area contributed by atoms with Crippen LogP contribution in [0, 0.1) is 0 Å². The Labute approximate surface area is 132 Å². The van der Waals surface area contributed by atoms with E-state index in [0.29, 0.717) is 0 Å². The Hall–Kier alpha value is -2.16. The van der Waals surface area contributed by atoms with Crippen molar-refractivity contribution in [3.8, 4) is 0 Å². The monoisotopic (exact) mass is 357 g/mol. The molecule has 1 rings (SSSR count). The summed E-state index contributed by atoms with van der Waals surface area (Å²) in [6.45, 7) is 3.41. The molecule has 0 fully saturated rings. The van der Waals surface area contributed by atoms with E-state index in [2.05, 4.69) is 22.6 Å². The average Bonchev–Trinajstić information content (AvgIpc) is 2.36. The van der Waals surface area contributed by atoms with Crippen molar-refractivity contribution in [1.29, 1.82) is 0 Å². The summed E-state index contributed by atoms with van der Waals surface area (Å²) in [5.41, 5.74) is 3.72. The normalized spacial score (nSPS) is 13.9. The molecule has 0 unspecified atom stereocenters. The predicted octanol–water partition coefficient (Wildman–Crippen LogP) is 4.63. The van der Waals surface area contributed by atoms with Crippen LogP contribution in [-0.2, 0) is 6.18 Å². The third kappa shape index (κ3) is 6.23. The number of nitrogens with one attached hydrogen (secondary N) is 1. The van der Waals surface area contributed by atoms with Gasteiger partial charge in [-0.25, -0.2) is 4.99 Å². The topological polar surface area (TPSA) is 50.4 Å². The molecule has 126 valence electrons. The molecule has 0 aromatic heterocycles. The molecule has 1 aromatic rings. The SMILES string of the molecule is C=C(/C=C(/Cl)N=C(N)C(F)(F)F)Nc1cccc(C(F)(F)F)c1. The number of nitrogens with zero attached hydrogens (tertiary/aromatic N) is 1. The van der Waals surface area contributed by atoms with Crippen molar-refractivity contribution in [3.05, 3.63) is 53.3 Å². The van der Waals surface area contributed by atoms with E-state index in [9.17, 15) is 26.3 Å². The first kappa shape index (κ1) is 18.9. The van der Waals surface area contributed by atoms with Crippen molar-refractivity contribution in [1.82, 2.24) is 0 Å². The minimum Gasteiger partial charge on any atom is -0.380 e. The van der Waals surface area contributed by atoms with E-state index in [0.717, 1.165) is 24.3 Å². The van der Waals surface area contributed by atoms with Gasteiger partial charge in [-0.2, -0.15) is 26.3 Å². The minimum absolute atomic E-state index is 0.0262.